The van der Waals surface area contributed by atoms with E-state index < -0.39 is 17.4 Å². The summed E-state index contributed by atoms with van der Waals surface area (Å²) in [5.74, 6) is 0.742. The monoisotopic (exact) mass is 383 g/mol. The maximum absolute atomic E-state index is 12.7. The van der Waals surface area contributed by atoms with Crippen LogP contribution in [-0.4, -0.2) is 21.9 Å². The quantitative estimate of drug-likeness (QED) is 0.741. The molecule has 0 aliphatic heterocycles. The maximum Gasteiger partial charge on any atom is 0.416 e. The van der Waals surface area contributed by atoms with Crippen LogP contribution in [0.5, 0.6) is 5.75 Å². The first kappa shape index (κ1) is 18.1. The van der Waals surface area contributed by atoms with Gasteiger partial charge < -0.3 is 4.74 Å². The first-order valence-electron chi connectivity index (χ1n) is 7.45. The lowest BCUT2D eigenvalue weighted by atomic mass is 10.1. The molecule has 0 aliphatic carbocycles. The molecule has 2 aromatic carbocycles. The van der Waals surface area contributed by atoms with Crippen LogP contribution in [0.1, 0.15) is 11.1 Å². The average molecular weight is 384 g/mol. The van der Waals surface area contributed by atoms with E-state index in [0.717, 1.165) is 12.1 Å². The molecule has 0 unspecified atom stereocenters. The number of halogens is 4. The molecule has 1 N–H and O–H groups in total. The molecule has 0 atom stereocenters. The highest BCUT2D eigenvalue weighted by Gasteiger charge is 2.30. The highest BCUT2D eigenvalue weighted by molar-refractivity contribution is 6.30. The number of hydrogen-bond donors (Lipinski definition) is 1. The highest BCUT2D eigenvalue weighted by Crippen LogP contribution is 2.31. The Balaban J connectivity index is 2.00. The van der Waals surface area contributed by atoms with E-state index in [0.29, 0.717) is 21.9 Å². The number of nitrogens with one attached hydrogen (secondary N) is 1. The fourth-order valence-corrected chi connectivity index (χ4v) is 2.73. The molecule has 0 saturated heterocycles. The maximum atomic E-state index is 12.7. The van der Waals surface area contributed by atoms with Crippen molar-refractivity contribution in [2.75, 3.05) is 7.11 Å². The lowest BCUT2D eigenvalue weighted by Crippen LogP contribution is -2.19. The van der Waals surface area contributed by atoms with Crippen LogP contribution in [0.2, 0.25) is 5.02 Å². The predicted octanol–water partition coefficient (Wildman–Crippen LogP) is 3.97. The molecule has 3 rings (SSSR count). The SMILES string of the molecule is COc1ccc(Cl)cc1Cn1c(-c2ccc(C(F)(F)F)cc2)n[nH]c1=O. The zero-order chi connectivity index (χ0) is 18.9. The van der Waals surface area contributed by atoms with Crippen LogP contribution in [0.4, 0.5) is 13.2 Å². The van der Waals surface area contributed by atoms with Crippen molar-refractivity contribution in [1.82, 2.24) is 14.8 Å². The predicted molar refractivity (Wildman–Crippen MR) is 90.4 cm³/mol. The second kappa shape index (κ2) is 6.87. The molecule has 0 saturated carbocycles. The zero-order valence-electron chi connectivity index (χ0n) is 13.5. The molecule has 0 bridgehead atoms. The fourth-order valence-electron chi connectivity index (χ4n) is 2.53. The number of aromatic nitrogens is 3. The van der Waals surface area contributed by atoms with Crippen LogP contribution in [-0.2, 0) is 12.7 Å². The van der Waals surface area contributed by atoms with E-state index in [2.05, 4.69) is 10.2 Å². The van der Waals surface area contributed by atoms with Gasteiger partial charge in [-0.3, -0.25) is 4.57 Å². The minimum atomic E-state index is -4.43. The normalized spacial score (nSPS) is 11.6. The number of methoxy groups -OCH3 is 1. The average Bonchev–Trinajstić information content (AvgIpc) is 2.95. The Labute approximate surface area is 151 Å². The van der Waals surface area contributed by atoms with Gasteiger partial charge in [-0.2, -0.15) is 18.3 Å². The largest absolute Gasteiger partial charge is 0.496 e. The molecule has 1 aromatic heterocycles. The summed E-state index contributed by atoms with van der Waals surface area (Å²) in [6, 6.07) is 9.39. The summed E-state index contributed by atoms with van der Waals surface area (Å²) >= 11 is 6.00. The second-order valence-corrected chi connectivity index (χ2v) is 5.91. The van der Waals surface area contributed by atoms with Gasteiger partial charge in [0.25, 0.3) is 0 Å². The number of benzene rings is 2. The summed E-state index contributed by atoms with van der Waals surface area (Å²) in [7, 11) is 1.49. The zero-order valence-corrected chi connectivity index (χ0v) is 14.2. The summed E-state index contributed by atoms with van der Waals surface area (Å²) in [5, 5.41) is 6.70. The molecule has 26 heavy (non-hydrogen) atoms. The first-order chi connectivity index (χ1) is 12.3. The van der Waals surface area contributed by atoms with Gasteiger partial charge in [0, 0.05) is 16.1 Å². The molecule has 0 aliphatic rings. The Morgan fingerprint density at radius 3 is 2.50 bits per heavy atom. The van der Waals surface area contributed by atoms with Gasteiger partial charge >= 0.3 is 11.9 Å². The number of aromatic amines is 1. The molecular formula is C17H13ClF3N3O2. The second-order valence-electron chi connectivity index (χ2n) is 5.47. The van der Waals surface area contributed by atoms with Crippen molar-refractivity contribution in [1.29, 1.82) is 0 Å². The Morgan fingerprint density at radius 2 is 1.88 bits per heavy atom. The topological polar surface area (TPSA) is 59.9 Å². The molecule has 0 amide bonds. The van der Waals surface area contributed by atoms with Gasteiger partial charge in [-0.15, -0.1) is 0 Å². The smallest absolute Gasteiger partial charge is 0.416 e. The van der Waals surface area contributed by atoms with Crippen LogP contribution in [0, 0.1) is 0 Å². The minimum Gasteiger partial charge on any atom is -0.496 e. The van der Waals surface area contributed by atoms with E-state index in [1.54, 1.807) is 18.2 Å². The van der Waals surface area contributed by atoms with Crippen molar-refractivity contribution < 1.29 is 17.9 Å². The fraction of sp³-hybridized carbons (Fsp3) is 0.176. The highest BCUT2D eigenvalue weighted by atomic mass is 35.5. The molecule has 136 valence electrons. The van der Waals surface area contributed by atoms with Gasteiger partial charge in [0.2, 0.25) is 0 Å². The van der Waals surface area contributed by atoms with Gasteiger partial charge in [0.15, 0.2) is 5.82 Å². The van der Waals surface area contributed by atoms with E-state index in [-0.39, 0.29) is 12.4 Å². The van der Waals surface area contributed by atoms with Gasteiger partial charge in [0.1, 0.15) is 5.75 Å². The lowest BCUT2D eigenvalue weighted by molar-refractivity contribution is -0.137. The van der Waals surface area contributed by atoms with E-state index >= 15 is 0 Å². The molecule has 0 spiro atoms. The van der Waals surface area contributed by atoms with Gasteiger partial charge in [-0.1, -0.05) is 23.7 Å². The third-order valence-corrected chi connectivity index (χ3v) is 4.03. The molecule has 9 heteroatoms. The summed E-state index contributed by atoms with van der Waals surface area (Å²) in [4.78, 5) is 12.1. The molecule has 5 nitrogen and oxygen atoms in total. The number of rotatable bonds is 4. The van der Waals surface area contributed by atoms with Gasteiger partial charge in [-0.25, -0.2) is 9.89 Å². The Hall–Kier alpha value is -2.74. The number of alkyl halides is 3. The minimum absolute atomic E-state index is 0.0927. The van der Waals surface area contributed by atoms with Crippen molar-refractivity contribution in [3.8, 4) is 17.1 Å². The van der Waals surface area contributed by atoms with Crippen molar-refractivity contribution in [2.45, 2.75) is 12.7 Å². The lowest BCUT2D eigenvalue weighted by Gasteiger charge is -2.11. The summed E-state index contributed by atoms with van der Waals surface area (Å²) < 4.78 is 44.7. The molecule has 3 aromatic rings. The van der Waals surface area contributed by atoms with Crippen LogP contribution in [0.25, 0.3) is 11.4 Å². The first-order valence-corrected chi connectivity index (χ1v) is 7.82. The van der Waals surface area contributed by atoms with Crippen molar-refractivity contribution >= 4 is 11.6 Å². The summed E-state index contributed by atoms with van der Waals surface area (Å²) in [5.41, 5.74) is -0.266. The van der Waals surface area contributed by atoms with E-state index in [4.69, 9.17) is 16.3 Å². The third-order valence-electron chi connectivity index (χ3n) is 3.80. The Morgan fingerprint density at radius 1 is 1.19 bits per heavy atom. The summed E-state index contributed by atoms with van der Waals surface area (Å²) in [6.45, 7) is 0.0927. The molecule has 1 heterocycles. The Kier molecular flexibility index (Phi) is 4.78. The van der Waals surface area contributed by atoms with Crippen molar-refractivity contribution in [3.63, 3.8) is 0 Å². The van der Waals surface area contributed by atoms with E-state index in [1.807, 2.05) is 0 Å². The van der Waals surface area contributed by atoms with Crippen LogP contribution < -0.4 is 10.4 Å². The van der Waals surface area contributed by atoms with Crippen molar-refractivity contribution in [3.05, 3.63) is 69.1 Å². The van der Waals surface area contributed by atoms with E-state index in [1.165, 1.54) is 23.8 Å². The summed E-state index contributed by atoms with van der Waals surface area (Å²) in [6.07, 6.45) is -4.43. The number of nitrogens with zero attached hydrogens (tertiary/aromatic N) is 2. The van der Waals surface area contributed by atoms with Gasteiger partial charge in [-0.05, 0) is 30.3 Å². The standard InChI is InChI=1S/C17H13ClF3N3O2/c1-26-14-7-6-13(18)8-11(14)9-24-15(22-23-16(24)25)10-2-4-12(5-3-10)17(19,20)21/h2-8H,9H2,1H3,(H,23,25). The van der Waals surface area contributed by atoms with Crippen LogP contribution in [0.3, 0.4) is 0 Å². The molecule has 0 fully saturated rings. The molecular weight excluding hydrogens is 371 g/mol. The number of ether oxygens (including phenoxy) is 1. The Bertz CT molecular complexity index is 978. The van der Waals surface area contributed by atoms with Crippen LogP contribution in [0.15, 0.2) is 47.3 Å². The van der Waals surface area contributed by atoms with Crippen LogP contribution >= 0.6 is 11.6 Å². The van der Waals surface area contributed by atoms with Gasteiger partial charge in [0.05, 0.1) is 19.2 Å². The van der Waals surface area contributed by atoms with E-state index in [9.17, 15) is 18.0 Å². The number of H-pyrrole nitrogens is 1. The van der Waals surface area contributed by atoms with Crippen molar-refractivity contribution in [2.24, 2.45) is 0 Å². The number of hydrogen-bond acceptors (Lipinski definition) is 3. The molecule has 0 radical (unpaired) electrons. The third kappa shape index (κ3) is 3.60.